The predicted molar refractivity (Wildman–Crippen MR) is 101 cm³/mol. The molecule has 0 saturated heterocycles. The summed E-state index contributed by atoms with van der Waals surface area (Å²) >= 11 is 0. The van der Waals surface area contributed by atoms with Gasteiger partial charge in [-0.3, -0.25) is 14.9 Å². The average Bonchev–Trinajstić information content (AvgIpc) is 2.64. The highest BCUT2D eigenvalue weighted by Gasteiger charge is 2.49. The molecule has 1 aliphatic carbocycles. The number of nitrogens with zero attached hydrogens (tertiary/aromatic N) is 3. The molecule has 3 rings (SSSR count). The lowest BCUT2D eigenvalue weighted by molar-refractivity contribution is -0.384. The topological polar surface area (TPSA) is 76.3 Å². The van der Waals surface area contributed by atoms with Gasteiger partial charge in [0.25, 0.3) is 5.92 Å². The molecule has 1 heterocycles. The van der Waals surface area contributed by atoms with E-state index >= 15 is 0 Å². The summed E-state index contributed by atoms with van der Waals surface area (Å²) in [6.07, 6.45) is 0.622. The van der Waals surface area contributed by atoms with Crippen molar-refractivity contribution in [2.75, 3.05) is 4.90 Å². The molecule has 0 unspecified atom stereocenters. The van der Waals surface area contributed by atoms with Crippen molar-refractivity contribution < 1.29 is 18.5 Å². The Morgan fingerprint density at radius 3 is 2.54 bits per heavy atom. The molecule has 0 N–H and O–H groups in total. The maximum absolute atomic E-state index is 13.5. The Labute approximate surface area is 160 Å². The van der Waals surface area contributed by atoms with Crippen molar-refractivity contribution in [3.05, 3.63) is 76.5 Å². The normalized spacial score (nSPS) is 15.5. The zero-order valence-electron chi connectivity index (χ0n) is 15.1. The van der Waals surface area contributed by atoms with Crippen LogP contribution in [0.15, 0.2) is 55.1 Å². The van der Waals surface area contributed by atoms with Crippen molar-refractivity contribution in [1.82, 2.24) is 4.98 Å². The van der Waals surface area contributed by atoms with Crippen molar-refractivity contribution >= 4 is 17.3 Å². The maximum Gasteiger partial charge on any atom is 0.311 e. The summed E-state index contributed by atoms with van der Waals surface area (Å²) in [5.74, 6) is -3.21. The number of alkyl halides is 2. The van der Waals surface area contributed by atoms with Gasteiger partial charge in [0.15, 0.2) is 5.78 Å². The number of hydrogen-bond acceptors (Lipinski definition) is 5. The van der Waals surface area contributed by atoms with Crippen LogP contribution >= 0.6 is 0 Å². The summed E-state index contributed by atoms with van der Waals surface area (Å²) in [6, 6.07) is 10.9. The summed E-state index contributed by atoms with van der Waals surface area (Å²) in [5, 5.41) is 11.5. The number of hydrogen-bond donors (Lipinski definition) is 0. The number of nitro groups is 1. The van der Waals surface area contributed by atoms with E-state index in [1.165, 1.54) is 23.1 Å². The van der Waals surface area contributed by atoms with Crippen molar-refractivity contribution in [1.29, 1.82) is 0 Å². The zero-order chi connectivity index (χ0) is 20.3. The first-order chi connectivity index (χ1) is 13.3. The van der Waals surface area contributed by atoms with Crippen LogP contribution in [0.5, 0.6) is 0 Å². The highest BCUT2D eigenvalue weighted by molar-refractivity contribution is 5.95. The molecule has 0 aliphatic heterocycles. The standard InChI is InChI=1S/C20H19F2N3O3/c1-2-6-18(26)16-9-10-17(25(27)28)19(23-16)24(15-11-20(21,22)12-15)13-14-7-4-3-5-8-14/h2-5,7-10,15H,1,6,11-13H2. The average molecular weight is 387 g/mol. The molecule has 1 fully saturated rings. The molecule has 1 aromatic heterocycles. The van der Waals surface area contributed by atoms with Gasteiger partial charge in [-0.1, -0.05) is 36.4 Å². The minimum Gasteiger partial charge on any atom is -0.343 e. The van der Waals surface area contributed by atoms with Gasteiger partial charge in [0.1, 0.15) is 5.69 Å². The lowest BCUT2D eigenvalue weighted by Gasteiger charge is -2.43. The maximum atomic E-state index is 13.5. The SMILES string of the molecule is C=CCC(=O)c1ccc([N+](=O)[O-])c(N(Cc2ccccc2)C2CC(F)(F)C2)n1. The fraction of sp³-hybridized carbons (Fsp3) is 0.300. The number of benzene rings is 1. The highest BCUT2D eigenvalue weighted by Crippen LogP contribution is 2.43. The second-order valence-corrected chi connectivity index (χ2v) is 6.74. The third-order valence-electron chi connectivity index (χ3n) is 4.64. The first-order valence-electron chi connectivity index (χ1n) is 8.78. The van der Waals surface area contributed by atoms with E-state index in [0.29, 0.717) is 0 Å². The molecule has 0 amide bonds. The van der Waals surface area contributed by atoms with Crippen LogP contribution in [0.4, 0.5) is 20.3 Å². The Bertz CT molecular complexity index is 895. The van der Waals surface area contributed by atoms with Gasteiger partial charge < -0.3 is 4.90 Å². The molecule has 0 radical (unpaired) electrons. The molecule has 0 spiro atoms. The number of ketones is 1. The third kappa shape index (κ3) is 4.21. The summed E-state index contributed by atoms with van der Waals surface area (Å²) < 4.78 is 27.0. The Morgan fingerprint density at radius 1 is 1.29 bits per heavy atom. The van der Waals surface area contributed by atoms with Gasteiger partial charge in [0.05, 0.1) is 4.92 Å². The minimum absolute atomic E-state index is 0.0322. The Morgan fingerprint density at radius 2 is 1.96 bits per heavy atom. The van der Waals surface area contributed by atoms with E-state index in [2.05, 4.69) is 11.6 Å². The highest BCUT2D eigenvalue weighted by atomic mass is 19.3. The van der Waals surface area contributed by atoms with Gasteiger partial charge in [0.2, 0.25) is 5.82 Å². The molecule has 146 valence electrons. The van der Waals surface area contributed by atoms with Crippen molar-refractivity contribution in [2.45, 2.75) is 37.8 Å². The lowest BCUT2D eigenvalue weighted by Crippen LogP contribution is -2.51. The molecular formula is C20H19F2N3O3. The smallest absolute Gasteiger partial charge is 0.311 e. The van der Waals surface area contributed by atoms with Crippen LogP contribution < -0.4 is 4.90 Å². The van der Waals surface area contributed by atoms with Crippen LogP contribution in [0.25, 0.3) is 0 Å². The number of Topliss-reactive ketones (excluding diaryl/α,β-unsaturated/α-hetero) is 1. The van der Waals surface area contributed by atoms with Crippen LogP contribution in [0.2, 0.25) is 0 Å². The summed E-state index contributed by atoms with van der Waals surface area (Å²) in [5.41, 5.74) is 0.530. The second-order valence-electron chi connectivity index (χ2n) is 6.74. The van der Waals surface area contributed by atoms with E-state index in [4.69, 9.17) is 0 Å². The first-order valence-corrected chi connectivity index (χ1v) is 8.78. The van der Waals surface area contributed by atoms with Crippen LogP contribution in [-0.2, 0) is 6.54 Å². The quantitative estimate of drug-likeness (QED) is 0.287. The Hall–Kier alpha value is -3.16. The lowest BCUT2D eigenvalue weighted by atomic mass is 9.86. The van der Waals surface area contributed by atoms with Gasteiger partial charge >= 0.3 is 5.69 Å². The fourth-order valence-electron chi connectivity index (χ4n) is 3.19. The minimum atomic E-state index is -2.80. The molecule has 8 heteroatoms. The number of carbonyl (C=O) groups excluding carboxylic acids is 1. The van der Waals surface area contributed by atoms with Crippen molar-refractivity contribution in [2.24, 2.45) is 0 Å². The summed E-state index contributed by atoms with van der Waals surface area (Å²) in [6.45, 7) is 3.68. The monoisotopic (exact) mass is 387 g/mol. The summed E-state index contributed by atoms with van der Waals surface area (Å²) in [4.78, 5) is 28.8. The molecule has 0 atom stereocenters. The van der Waals surface area contributed by atoms with Gasteiger partial charge in [-0.05, 0) is 11.6 Å². The molecular weight excluding hydrogens is 368 g/mol. The number of anilines is 1. The third-order valence-corrected chi connectivity index (χ3v) is 4.64. The number of allylic oxidation sites excluding steroid dienone is 1. The molecule has 0 bridgehead atoms. The molecule has 28 heavy (non-hydrogen) atoms. The largest absolute Gasteiger partial charge is 0.343 e. The number of carbonyl (C=O) groups is 1. The Kier molecular flexibility index (Phi) is 5.48. The van der Waals surface area contributed by atoms with Crippen LogP contribution in [0, 0.1) is 10.1 Å². The molecule has 1 aliphatic rings. The number of halogens is 2. The van der Waals surface area contributed by atoms with E-state index in [1.807, 2.05) is 18.2 Å². The molecule has 1 aromatic carbocycles. The van der Waals surface area contributed by atoms with Crippen LogP contribution in [0.3, 0.4) is 0 Å². The van der Waals surface area contributed by atoms with Crippen molar-refractivity contribution in [3.8, 4) is 0 Å². The van der Waals surface area contributed by atoms with Crippen molar-refractivity contribution in [3.63, 3.8) is 0 Å². The van der Waals surface area contributed by atoms with Gasteiger partial charge in [-0.2, -0.15) is 0 Å². The van der Waals surface area contributed by atoms with Gasteiger partial charge in [-0.25, -0.2) is 13.8 Å². The number of aromatic nitrogens is 1. The molecule has 1 saturated carbocycles. The van der Waals surface area contributed by atoms with E-state index in [-0.39, 0.29) is 35.9 Å². The number of pyridine rings is 1. The van der Waals surface area contributed by atoms with E-state index < -0.39 is 29.7 Å². The predicted octanol–water partition coefficient (Wildman–Crippen LogP) is 4.55. The molecule has 2 aromatic rings. The second kappa shape index (κ2) is 7.84. The summed E-state index contributed by atoms with van der Waals surface area (Å²) in [7, 11) is 0. The van der Waals surface area contributed by atoms with E-state index in [9.17, 15) is 23.7 Å². The fourth-order valence-corrected chi connectivity index (χ4v) is 3.19. The molecule has 6 nitrogen and oxygen atoms in total. The van der Waals surface area contributed by atoms with Gasteiger partial charge in [-0.15, -0.1) is 6.58 Å². The Balaban J connectivity index is 2.04. The van der Waals surface area contributed by atoms with Crippen LogP contribution in [0.1, 0.15) is 35.3 Å². The van der Waals surface area contributed by atoms with E-state index in [1.54, 1.807) is 12.1 Å². The van der Waals surface area contributed by atoms with Gasteiger partial charge in [0, 0.05) is 37.9 Å². The van der Waals surface area contributed by atoms with E-state index in [0.717, 1.165) is 5.56 Å². The first kappa shape index (κ1) is 19.6. The van der Waals surface area contributed by atoms with Crippen LogP contribution in [-0.4, -0.2) is 27.7 Å². The zero-order valence-corrected chi connectivity index (χ0v) is 15.1. The number of rotatable bonds is 8.